The quantitative estimate of drug-likeness (QED) is 0.257. The summed E-state index contributed by atoms with van der Waals surface area (Å²) in [6, 6.07) is 6.90. The molecule has 0 saturated carbocycles. The molecule has 0 bridgehead atoms. The van der Waals surface area contributed by atoms with E-state index < -0.39 is 34.8 Å². The molecule has 4 aromatic rings. The van der Waals surface area contributed by atoms with Crippen LogP contribution in [0, 0.1) is 23.4 Å². The summed E-state index contributed by atoms with van der Waals surface area (Å²) in [6.07, 6.45) is 2.56. The van der Waals surface area contributed by atoms with E-state index in [1.54, 1.807) is 4.57 Å². The van der Waals surface area contributed by atoms with Crippen molar-refractivity contribution in [3.05, 3.63) is 83.4 Å². The second kappa shape index (κ2) is 9.25. The smallest absolute Gasteiger partial charge is 0.283 e. The average molecular weight is 550 g/mol. The highest BCUT2D eigenvalue weighted by molar-refractivity contribution is 6.18. The van der Waals surface area contributed by atoms with Gasteiger partial charge in [-0.2, -0.15) is 4.39 Å². The average Bonchev–Trinajstić information content (AvgIpc) is 3.43. The number of aromatic nitrogens is 4. The molecule has 2 aliphatic rings. The molecule has 1 amide bonds. The van der Waals surface area contributed by atoms with Crippen molar-refractivity contribution >= 4 is 17.7 Å². The van der Waals surface area contributed by atoms with Crippen LogP contribution < -0.4 is 4.90 Å². The van der Waals surface area contributed by atoms with Crippen molar-refractivity contribution in [3.8, 4) is 22.6 Å². The lowest BCUT2D eigenvalue weighted by Gasteiger charge is -2.34. The standard InChI is InChI=1S/C28H23F4N7O/c1-4-37-26(40)23-25(39-14-28(2,3)36-27(37)39)38(13-16-5-6-18(29)11-19(16)30)24(35-23)17-9-20(31)22(34-12-17)15-7-8-33-21(32)10-15/h5-12H,4,13-14H2,1-3H3. The first kappa shape index (κ1) is 25.7. The molecule has 1 aromatic carbocycles. The number of anilines is 1. The minimum Gasteiger partial charge on any atom is -0.305 e. The molecule has 3 aromatic heterocycles. The van der Waals surface area contributed by atoms with Crippen LogP contribution in [0.3, 0.4) is 0 Å². The molecule has 6 rings (SSSR count). The highest BCUT2D eigenvalue weighted by Gasteiger charge is 2.46. The summed E-state index contributed by atoms with van der Waals surface area (Å²) in [5, 5.41) is 0. The first-order chi connectivity index (χ1) is 19.1. The number of hydrogen-bond donors (Lipinski definition) is 0. The minimum atomic E-state index is -0.780. The zero-order chi connectivity index (χ0) is 28.3. The molecular formula is C28H23F4N7O. The van der Waals surface area contributed by atoms with Gasteiger partial charge >= 0.3 is 0 Å². The number of amides is 1. The summed E-state index contributed by atoms with van der Waals surface area (Å²) in [5.41, 5.74) is 0.0125. The molecule has 40 heavy (non-hydrogen) atoms. The number of imidazole rings is 1. The highest BCUT2D eigenvalue weighted by Crippen LogP contribution is 2.39. The zero-order valence-electron chi connectivity index (χ0n) is 21.8. The largest absolute Gasteiger partial charge is 0.305 e. The van der Waals surface area contributed by atoms with Gasteiger partial charge in [0.25, 0.3) is 5.91 Å². The van der Waals surface area contributed by atoms with Crippen LogP contribution in [0.25, 0.3) is 22.6 Å². The predicted molar refractivity (Wildman–Crippen MR) is 140 cm³/mol. The van der Waals surface area contributed by atoms with Gasteiger partial charge < -0.3 is 4.57 Å². The Morgan fingerprint density at radius 2 is 1.75 bits per heavy atom. The Kier molecular flexibility index (Phi) is 5.93. The van der Waals surface area contributed by atoms with Crippen molar-refractivity contribution in [3.63, 3.8) is 0 Å². The predicted octanol–water partition coefficient (Wildman–Crippen LogP) is 5.04. The maximum absolute atomic E-state index is 15.4. The Labute approximate surface area is 226 Å². The lowest BCUT2D eigenvalue weighted by molar-refractivity contribution is 0.0841. The number of pyridine rings is 2. The molecule has 0 aliphatic carbocycles. The Hall–Kier alpha value is -4.61. The first-order valence-corrected chi connectivity index (χ1v) is 12.6. The summed E-state index contributed by atoms with van der Waals surface area (Å²) >= 11 is 0. The topological polar surface area (TPSA) is 79.5 Å². The highest BCUT2D eigenvalue weighted by atomic mass is 19.1. The summed E-state index contributed by atoms with van der Waals surface area (Å²) in [7, 11) is 0. The van der Waals surface area contributed by atoms with Gasteiger partial charge in [-0.3, -0.25) is 19.6 Å². The molecule has 2 aliphatic heterocycles. The van der Waals surface area contributed by atoms with Gasteiger partial charge in [-0.25, -0.2) is 28.1 Å². The molecule has 0 saturated heterocycles. The SMILES string of the molecule is CCN1C(=O)c2nc(-c3cnc(-c4ccnc(F)c4)c(F)c3)n(Cc3ccc(F)cc3F)c2N2CC(C)(C)N=C12. The number of carbonyl (C=O) groups is 1. The van der Waals surface area contributed by atoms with Gasteiger partial charge in [0.05, 0.1) is 18.6 Å². The fourth-order valence-corrected chi connectivity index (χ4v) is 5.08. The Morgan fingerprint density at radius 3 is 2.45 bits per heavy atom. The summed E-state index contributed by atoms with van der Waals surface area (Å²) in [5.74, 6) is -2.47. The molecule has 0 atom stereocenters. The van der Waals surface area contributed by atoms with Crippen LogP contribution in [0.1, 0.15) is 36.8 Å². The van der Waals surface area contributed by atoms with E-state index in [4.69, 9.17) is 4.99 Å². The van der Waals surface area contributed by atoms with E-state index in [2.05, 4.69) is 15.0 Å². The molecule has 0 spiro atoms. The van der Waals surface area contributed by atoms with Crippen molar-refractivity contribution in [1.82, 2.24) is 24.4 Å². The first-order valence-electron chi connectivity index (χ1n) is 12.6. The number of fused-ring (bicyclic) bond motifs is 3. The molecule has 12 heteroatoms. The number of carbonyl (C=O) groups excluding carboxylic acids is 1. The van der Waals surface area contributed by atoms with Crippen LogP contribution in [-0.4, -0.2) is 54.9 Å². The number of aliphatic imine (C=N–C) groups is 1. The lowest BCUT2D eigenvalue weighted by Crippen LogP contribution is -2.51. The molecule has 204 valence electrons. The van der Waals surface area contributed by atoms with Crippen molar-refractivity contribution in [1.29, 1.82) is 0 Å². The monoisotopic (exact) mass is 549 g/mol. The van der Waals surface area contributed by atoms with Crippen molar-refractivity contribution in [2.24, 2.45) is 4.99 Å². The molecule has 0 radical (unpaired) electrons. The van der Waals surface area contributed by atoms with Crippen LogP contribution in [0.4, 0.5) is 23.4 Å². The van der Waals surface area contributed by atoms with Crippen LogP contribution >= 0.6 is 0 Å². The third-order valence-electron chi connectivity index (χ3n) is 6.83. The van der Waals surface area contributed by atoms with Gasteiger partial charge in [-0.05, 0) is 39.0 Å². The fourth-order valence-electron chi connectivity index (χ4n) is 5.08. The minimum absolute atomic E-state index is 0.0942. The van der Waals surface area contributed by atoms with E-state index in [-0.39, 0.29) is 40.4 Å². The Bertz CT molecular complexity index is 1710. The molecule has 0 fully saturated rings. The molecule has 8 nitrogen and oxygen atoms in total. The van der Waals surface area contributed by atoms with E-state index in [1.807, 2.05) is 25.7 Å². The number of halogens is 4. The third-order valence-corrected chi connectivity index (χ3v) is 6.83. The maximum Gasteiger partial charge on any atom is 0.283 e. The normalized spacial score (nSPS) is 15.8. The number of benzene rings is 1. The second-order valence-electron chi connectivity index (χ2n) is 10.2. The van der Waals surface area contributed by atoms with Gasteiger partial charge in [0, 0.05) is 47.8 Å². The number of rotatable bonds is 5. The molecule has 0 unspecified atom stereocenters. The van der Waals surface area contributed by atoms with Gasteiger partial charge in [-0.15, -0.1) is 0 Å². The van der Waals surface area contributed by atoms with Crippen LogP contribution in [-0.2, 0) is 6.54 Å². The van der Waals surface area contributed by atoms with E-state index >= 15 is 4.39 Å². The summed E-state index contributed by atoms with van der Waals surface area (Å²) < 4.78 is 59.1. The van der Waals surface area contributed by atoms with E-state index in [1.165, 1.54) is 35.5 Å². The fraction of sp³-hybridized carbons (Fsp3) is 0.250. The number of hydrogen-bond acceptors (Lipinski definition) is 6. The van der Waals surface area contributed by atoms with Gasteiger partial charge in [0.2, 0.25) is 11.9 Å². The second-order valence-corrected chi connectivity index (χ2v) is 10.2. The molecule has 5 heterocycles. The van der Waals surface area contributed by atoms with Gasteiger partial charge in [0.1, 0.15) is 34.8 Å². The van der Waals surface area contributed by atoms with Gasteiger partial charge in [0.15, 0.2) is 5.69 Å². The van der Waals surface area contributed by atoms with E-state index in [0.717, 1.165) is 18.2 Å². The van der Waals surface area contributed by atoms with E-state index in [9.17, 15) is 18.0 Å². The van der Waals surface area contributed by atoms with Crippen LogP contribution in [0.5, 0.6) is 0 Å². The Morgan fingerprint density at radius 1 is 0.950 bits per heavy atom. The number of nitrogens with zero attached hydrogens (tertiary/aromatic N) is 7. The van der Waals surface area contributed by atoms with Crippen LogP contribution in [0.2, 0.25) is 0 Å². The van der Waals surface area contributed by atoms with Crippen LogP contribution in [0.15, 0.2) is 53.8 Å². The zero-order valence-corrected chi connectivity index (χ0v) is 21.8. The summed E-state index contributed by atoms with van der Waals surface area (Å²) in [6.45, 7) is 6.29. The van der Waals surface area contributed by atoms with Gasteiger partial charge in [-0.1, -0.05) is 6.07 Å². The van der Waals surface area contributed by atoms with Crippen molar-refractivity contribution < 1.29 is 22.4 Å². The molecule has 0 N–H and O–H groups in total. The van der Waals surface area contributed by atoms with Crippen molar-refractivity contribution in [2.45, 2.75) is 32.9 Å². The third kappa shape index (κ3) is 4.19. The number of guanidine groups is 1. The van der Waals surface area contributed by atoms with E-state index in [0.29, 0.717) is 24.9 Å². The summed E-state index contributed by atoms with van der Waals surface area (Å²) in [4.78, 5) is 34.0. The van der Waals surface area contributed by atoms with Crippen molar-refractivity contribution in [2.75, 3.05) is 18.0 Å². The molecular weight excluding hydrogens is 526 g/mol. The Balaban J connectivity index is 1.55. The lowest BCUT2D eigenvalue weighted by atomic mass is 10.1. The maximum atomic E-state index is 15.4.